The molecule has 0 aliphatic rings. The fraction of sp³-hybridized carbons (Fsp3) is 0.750. The molecule has 0 aromatic carbocycles. The van der Waals surface area contributed by atoms with Crippen LogP contribution >= 0.6 is 27.3 Å². The topological polar surface area (TPSA) is 12.0 Å². The molecule has 0 fully saturated rings. The quantitative estimate of drug-likeness (QED) is 0.572. The molecule has 0 saturated carbocycles. The number of unbranched alkanes of at least 4 members (excludes halogenated alkanes) is 1. The highest BCUT2D eigenvalue weighted by Crippen LogP contribution is 2.36. The van der Waals surface area contributed by atoms with Crippen LogP contribution in [0.4, 0.5) is 0 Å². The first-order valence-corrected chi connectivity index (χ1v) is 9.24. The fourth-order valence-electron chi connectivity index (χ4n) is 2.67. The molecule has 1 nitrogen and oxygen atoms in total. The highest BCUT2D eigenvalue weighted by molar-refractivity contribution is 9.11. The zero-order valence-electron chi connectivity index (χ0n) is 12.8. The van der Waals surface area contributed by atoms with Gasteiger partial charge in [0.25, 0.3) is 0 Å². The average Bonchev–Trinajstić information content (AvgIpc) is 2.72. The van der Waals surface area contributed by atoms with E-state index in [0.29, 0.717) is 6.04 Å². The molecule has 1 rings (SSSR count). The lowest BCUT2D eigenvalue weighted by Gasteiger charge is -2.28. The summed E-state index contributed by atoms with van der Waals surface area (Å²) in [5, 5.41) is 3.79. The molecule has 0 aliphatic carbocycles. The lowest BCUT2D eigenvalue weighted by atomic mass is 9.87. The van der Waals surface area contributed by atoms with Crippen LogP contribution in [0.1, 0.15) is 69.4 Å². The van der Waals surface area contributed by atoms with Gasteiger partial charge in [-0.15, -0.1) is 11.3 Å². The zero-order chi connectivity index (χ0) is 14.3. The van der Waals surface area contributed by atoms with Crippen LogP contribution < -0.4 is 5.32 Å². The smallest absolute Gasteiger partial charge is 0.0704 e. The van der Waals surface area contributed by atoms with Crippen LogP contribution in [-0.4, -0.2) is 6.54 Å². The van der Waals surface area contributed by atoms with Gasteiger partial charge in [0.05, 0.1) is 3.79 Å². The molecule has 1 heterocycles. The van der Waals surface area contributed by atoms with Crippen molar-refractivity contribution in [2.75, 3.05) is 6.54 Å². The van der Waals surface area contributed by atoms with Gasteiger partial charge in [-0.3, -0.25) is 0 Å². The fourth-order valence-corrected chi connectivity index (χ4v) is 4.43. The Morgan fingerprint density at radius 2 is 2.00 bits per heavy atom. The molecule has 1 aromatic rings. The third kappa shape index (κ3) is 5.20. The van der Waals surface area contributed by atoms with Gasteiger partial charge >= 0.3 is 0 Å². The Labute approximate surface area is 131 Å². The molecule has 1 N–H and O–H groups in total. The molecule has 1 aromatic heterocycles. The number of nitrogens with one attached hydrogen (secondary N) is 1. The number of thiophene rings is 1. The summed E-state index contributed by atoms with van der Waals surface area (Å²) in [6.45, 7) is 10.2. The van der Waals surface area contributed by atoms with Crippen molar-refractivity contribution in [3.8, 4) is 0 Å². The lowest BCUT2D eigenvalue weighted by Crippen LogP contribution is -2.29. The summed E-state index contributed by atoms with van der Waals surface area (Å²) in [4.78, 5) is 1.45. The third-order valence-electron chi connectivity index (χ3n) is 3.80. The maximum atomic E-state index is 3.79. The molecule has 0 saturated heterocycles. The molecule has 0 bridgehead atoms. The Morgan fingerprint density at radius 3 is 2.47 bits per heavy atom. The van der Waals surface area contributed by atoms with Gasteiger partial charge < -0.3 is 5.32 Å². The predicted octanol–water partition coefficient (Wildman–Crippen LogP) is 6.08. The standard InChI is InChI=1S/C16H28BrNS/c1-5-8-9-13(7-3)16(18-10-6-2)14-11-15(17)19-12(14)4/h11,13,16,18H,5-10H2,1-4H3. The highest BCUT2D eigenvalue weighted by atomic mass is 79.9. The predicted molar refractivity (Wildman–Crippen MR) is 91.1 cm³/mol. The van der Waals surface area contributed by atoms with Crippen LogP contribution in [0.5, 0.6) is 0 Å². The maximum Gasteiger partial charge on any atom is 0.0704 e. The number of hydrogen-bond donors (Lipinski definition) is 1. The Balaban J connectivity index is 2.88. The van der Waals surface area contributed by atoms with Crippen LogP contribution in [0.3, 0.4) is 0 Å². The molecule has 3 heteroatoms. The van der Waals surface area contributed by atoms with E-state index in [0.717, 1.165) is 12.5 Å². The van der Waals surface area contributed by atoms with Crippen molar-refractivity contribution in [2.24, 2.45) is 5.92 Å². The molecular weight excluding hydrogens is 318 g/mol. The summed E-state index contributed by atoms with van der Waals surface area (Å²) in [7, 11) is 0. The van der Waals surface area contributed by atoms with E-state index in [1.165, 1.54) is 46.3 Å². The van der Waals surface area contributed by atoms with Crippen molar-refractivity contribution in [2.45, 2.75) is 65.8 Å². The van der Waals surface area contributed by atoms with E-state index in [-0.39, 0.29) is 0 Å². The van der Waals surface area contributed by atoms with E-state index in [4.69, 9.17) is 0 Å². The van der Waals surface area contributed by atoms with Gasteiger partial charge in [0, 0.05) is 10.9 Å². The summed E-state index contributed by atoms with van der Waals surface area (Å²) in [6, 6.07) is 2.85. The zero-order valence-corrected chi connectivity index (χ0v) is 15.2. The summed E-state index contributed by atoms with van der Waals surface area (Å²) in [6.07, 6.45) is 6.43. The van der Waals surface area contributed by atoms with Crippen LogP contribution in [0.15, 0.2) is 9.85 Å². The van der Waals surface area contributed by atoms with Crippen LogP contribution in [0.2, 0.25) is 0 Å². The van der Waals surface area contributed by atoms with E-state index < -0.39 is 0 Å². The minimum absolute atomic E-state index is 0.527. The molecule has 19 heavy (non-hydrogen) atoms. The number of halogens is 1. The van der Waals surface area contributed by atoms with E-state index in [9.17, 15) is 0 Å². The molecule has 110 valence electrons. The van der Waals surface area contributed by atoms with Crippen molar-refractivity contribution in [3.05, 3.63) is 20.3 Å². The first kappa shape index (κ1) is 17.2. The van der Waals surface area contributed by atoms with Gasteiger partial charge in [-0.25, -0.2) is 0 Å². The summed E-state index contributed by atoms with van der Waals surface area (Å²) >= 11 is 5.49. The van der Waals surface area contributed by atoms with E-state index >= 15 is 0 Å². The Bertz CT molecular complexity index is 362. The summed E-state index contributed by atoms with van der Waals surface area (Å²) in [5.41, 5.74) is 1.51. The second-order valence-corrected chi connectivity index (χ2v) is 7.94. The minimum atomic E-state index is 0.527. The van der Waals surface area contributed by atoms with Gasteiger partial charge in [-0.2, -0.15) is 0 Å². The number of aryl methyl sites for hydroxylation is 1. The van der Waals surface area contributed by atoms with Crippen molar-refractivity contribution < 1.29 is 0 Å². The maximum absolute atomic E-state index is 3.79. The monoisotopic (exact) mass is 345 g/mol. The third-order valence-corrected chi connectivity index (χ3v) is 5.37. The summed E-state index contributed by atoms with van der Waals surface area (Å²) in [5.74, 6) is 0.756. The Morgan fingerprint density at radius 1 is 1.26 bits per heavy atom. The van der Waals surface area contributed by atoms with Gasteiger partial charge in [0.1, 0.15) is 0 Å². The highest BCUT2D eigenvalue weighted by Gasteiger charge is 2.23. The normalized spacial score (nSPS) is 14.6. The van der Waals surface area contributed by atoms with Crippen molar-refractivity contribution in [1.82, 2.24) is 5.32 Å². The number of rotatable bonds is 9. The lowest BCUT2D eigenvalue weighted by molar-refractivity contribution is 0.323. The van der Waals surface area contributed by atoms with Crippen LogP contribution in [0, 0.1) is 12.8 Å². The van der Waals surface area contributed by atoms with Gasteiger partial charge in [-0.05, 0) is 59.8 Å². The molecule has 0 amide bonds. The van der Waals surface area contributed by atoms with Crippen molar-refractivity contribution in [1.29, 1.82) is 0 Å². The Hall–Kier alpha value is 0.140. The second-order valence-electron chi connectivity index (χ2n) is 5.30. The number of hydrogen-bond acceptors (Lipinski definition) is 2. The van der Waals surface area contributed by atoms with Crippen molar-refractivity contribution >= 4 is 27.3 Å². The van der Waals surface area contributed by atoms with Crippen molar-refractivity contribution in [3.63, 3.8) is 0 Å². The molecule has 0 spiro atoms. The summed E-state index contributed by atoms with van der Waals surface area (Å²) < 4.78 is 1.26. The Kier molecular flexibility index (Phi) is 8.27. The van der Waals surface area contributed by atoms with E-state index in [2.05, 4.69) is 55.0 Å². The first-order chi connectivity index (χ1) is 9.13. The molecular formula is C16H28BrNS. The molecule has 2 unspecified atom stereocenters. The molecule has 2 atom stereocenters. The largest absolute Gasteiger partial charge is 0.310 e. The van der Waals surface area contributed by atoms with Crippen LogP contribution in [0.25, 0.3) is 0 Å². The van der Waals surface area contributed by atoms with Crippen LogP contribution in [-0.2, 0) is 0 Å². The molecule has 0 aliphatic heterocycles. The second kappa shape index (κ2) is 9.15. The van der Waals surface area contributed by atoms with E-state index in [1.807, 2.05) is 11.3 Å². The van der Waals surface area contributed by atoms with E-state index in [1.54, 1.807) is 0 Å². The van der Waals surface area contributed by atoms with Gasteiger partial charge in [-0.1, -0.05) is 40.0 Å². The SMILES string of the molecule is CCCCC(CC)C(NCCC)c1cc(Br)sc1C. The molecule has 0 radical (unpaired) electrons. The average molecular weight is 346 g/mol. The first-order valence-electron chi connectivity index (χ1n) is 7.63. The van der Waals surface area contributed by atoms with Gasteiger partial charge in [0.15, 0.2) is 0 Å². The van der Waals surface area contributed by atoms with Gasteiger partial charge in [0.2, 0.25) is 0 Å². The minimum Gasteiger partial charge on any atom is -0.310 e.